The van der Waals surface area contributed by atoms with Crippen molar-refractivity contribution in [3.8, 4) is 17.4 Å². The van der Waals surface area contributed by atoms with E-state index in [2.05, 4.69) is 15.6 Å². The van der Waals surface area contributed by atoms with Crippen LogP contribution in [0.3, 0.4) is 0 Å². The SMILES string of the molecule is CCOc1ccc(Oc2cc(CNC(=O)CCC3Cc4ccccc4NC3=O)ccn2)cc1. The van der Waals surface area contributed by atoms with Crippen molar-refractivity contribution in [2.45, 2.75) is 32.7 Å². The van der Waals surface area contributed by atoms with Gasteiger partial charge in [-0.3, -0.25) is 9.59 Å². The third-order valence-electron chi connectivity index (χ3n) is 5.48. The highest BCUT2D eigenvalue weighted by Gasteiger charge is 2.26. The van der Waals surface area contributed by atoms with Crippen LogP contribution in [0.5, 0.6) is 17.4 Å². The van der Waals surface area contributed by atoms with Gasteiger partial charge >= 0.3 is 0 Å². The molecule has 7 nitrogen and oxygen atoms in total. The molecule has 0 saturated heterocycles. The summed E-state index contributed by atoms with van der Waals surface area (Å²) in [5.74, 6) is 1.58. The van der Waals surface area contributed by atoms with E-state index in [1.165, 1.54) is 0 Å². The number of para-hydroxylation sites is 1. The van der Waals surface area contributed by atoms with Gasteiger partial charge in [-0.2, -0.15) is 0 Å². The summed E-state index contributed by atoms with van der Waals surface area (Å²) in [6.45, 7) is 2.91. The Balaban J connectivity index is 1.25. The molecule has 1 aliphatic heterocycles. The lowest BCUT2D eigenvalue weighted by atomic mass is 9.89. The maximum atomic E-state index is 12.4. The third kappa shape index (κ3) is 6.10. The molecule has 33 heavy (non-hydrogen) atoms. The first-order valence-electron chi connectivity index (χ1n) is 11.1. The number of amides is 2. The van der Waals surface area contributed by atoms with Crippen molar-refractivity contribution in [2.75, 3.05) is 11.9 Å². The maximum absolute atomic E-state index is 12.4. The lowest BCUT2D eigenvalue weighted by Gasteiger charge is -2.24. The van der Waals surface area contributed by atoms with Crippen molar-refractivity contribution in [1.82, 2.24) is 10.3 Å². The molecule has 0 bridgehead atoms. The topological polar surface area (TPSA) is 89.5 Å². The van der Waals surface area contributed by atoms with Gasteiger partial charge < -0.3 is 20.1 Å². The Kier molecular flexibility index (Phi) is 7.19. The average molecular weight is 446 g/mol. The van der Waals surface area contributed by atoms with Crippen molar-refractivity contribution in [1.29, 1.82) is 0 Å². The Hall–Kier alpha value is -3.87. The third-order valence-corrected chi connectivity index (χ3v) is 5.48. The first-order valence-corrected chi connectivity index (χ1v) is 11.1. The van der Waals surface area contributed by atoms with E-state index in [0.29, 0.717) is 44.0 Å². The molecule has 1 aliphatic rings. The molecule has 0 aliphatic carbocycles. The van der Waals surface area contributed by atoms with E-state index in [0.717, 1.165) is 22.6 Å². The fraction of sp³-hybridized carbons (Fsp3) is 0.269. The van der Waals surface area contributed by atoms with E-state index in [1.807, 2.05) is 61.5 Å². The molecule has 1 aromatic heterocycles. The zero-order chi connectivity index (χ0) is 23.0. The number of rotatable bonds is 9. The Bertz CT molecular complexity index is 1110. The summed E-state index contributed by atoms with van der Waals surface area (Å²) in [6.07, 6.45) is 3.11. The number of nitrogens with zero attached hydrogens (tertiary/aromatic N) is 1. The van der Waals surface area contributed by atoms with Crippen LogP contribution >= 0.6 is 0 Å². The zero-order valence-corrected chi connectivity index (χ0v) is 18.5. The summed E-state index contributed by atoms with van der Waals surface area (Å²) in [4.78, 5) is 28.9. The average Bonchev–Trinajstić information content (AvgIpc) is 2.83. The monoisotopic (exact) mass is 445 g/mol. The van der Waals surface area contributed by atoms with Gasteiger partial charge in [0.15, 0.2) is 0 Å². The summed E-state index contributed by atoms with van der Waals surface area (Å²) >= 11 is 0. The molecule has 2 N–H and O–H groups in total. The van der Waals surface area contributed by atoms with Crippen molar-refractivity contribution in [3.63, 3.8) is 0 Å². The molecule has 1 unspecified atom stereocenters. The molecule has 7 heteroatoms. The minimum atomic E-state index is -0.194. The first kappa shape index (κ1) is 22.3. The molecule has 0 radical (unpaired) electrons. The van der Waals surface area contributed by atoms with Gasteiger partial charge in [-0.15, -0.1) is 0 Å². The van der Waals surface area contributed by atoms with Gasteiger partial charge in [0.05, 0.1) is 6.61 Å². The normalized spacial score (nSPS) is 14.7. The van der Waals surface area contributed by atoms with E-state index in [-0.39, 0.29) is 17.7 Å². The quantitative estimate of drug-likeness (QED) is 0.507. The standard InChI is InChI=1S/C26H27N3O4/c1-2-32-21-8-10-22(11-9-21)33-25-15-18(13-14-27-25)17-28-24(30)12-7-20-16-19-5-3-4-6-23(19)29-26(20)31/h3-6,8-11,13-15,20H,2,7,12,16-17H2,1H3,(H,28,30)(H,29,31). The number of carbonyl (C=O) groups is 2. The number of hydrogen-bond acceptors (Lipinski definition) is 5. The second kappa shape index (κ2) is 10.6. The highest BCUT2D eigenvalue weighted by molar-refractivity contribution is 5.96. The number of carbonyl (C=O) groups excluding carboxylic acids is 2. The summed E-state index contributed by atoms with van der Waals surface area (Å²) in [5.41, 5.74) is 2.85. The summed E-state index contributed by atoms with van der Waals surface area (Å²) < 4.78 is 11.2. The van der Waals surface area contributed by atoms with Crippen molar-refractivity contribution < 1.29 is 19.1 Å². The van der Waals surface area contributed by atoms with Gasteiger partial charge in [0, 0.05) is 36.8 Å². The Morgan fingerprint density at radius 2 is 1.91 bits per heavy atom. The second-order valence-electron chi connectivity index (χ2n) is 7.87. The molecule has 0 saturated carbocycles. The minimum Gasteiger partial charge on any atom is -0.494 e. The van der Waals surface area contributed by atoms with E-state index in [4.69, 9.17) is 9.47 Å². The molecule has 170 valence electrons. The zero-order valence-electron chi connectivity index (χ0n) is 18.5. The predicted octanol–water partition coefficient (Wildman–Crippen LogP) is 4.48. The highest BCUT2D eigenvalue weighted by Crippen LogP contribution is 2.27. The largest absolute Gasteiger partial charge is 0.494 e. The Labute approximate surface area is 193 Å². The lowest BCUT2D eigenvalue weighted by molar-refractivity contribution is -0.122. The van der Waals surface area contributed by atoms with Crippen LogP contribution < -0.4 is 20.1 Å². The smallest absolute Gasteiger partial charge is 0.227 e. The minimum absolute atomic E-state index is 0.0216. The van der Waals surface area contributed by atoms with Crippen LogP contribution in [-0.4, -0.2) is 23.4 Å². The van der Waals surface area contributed by atoms with E-state index < -0.39 is 0 Å². The van der Waals surface area contributed by atoms with Gasteiger partial charge in [0.2, 0.25) is 17.7 Å². The number of hydrogen-bond donors (Lipinski definition) is 2. The lowest BCUT2D eigenvalue weighted by Crippen LogP contribution is -2.31. The number of pyridine rings is 1. The summed E-state index contributed by atoms with van der Waals surface area (Å²) in [7, 11) is 0. The van der Waals surface area contributed by atoms with Crippen LogP contribution in [0.15, 0.2) is 66.9 Å². The number of ether oxygens (including phenoxy) is 2. The van der Waals surface area contributed by atoms with Crippen molar-refractivity contribution in [2.24, 2.45) is 5.92 Å². The number of nitrogens with one attached hydrogen (secondary N) is 2. The van der Waals surface area contributed by atoms with Gasteiger partial charge in [-0.05, 0) is 67.3 Å². The molecule has 1 atom stereocenters. The number of fused-ring (bicyclic) bond motifs is 1. The molecular weight excluding hydrogens is 418 g/mol. The van der Waals surface area contributed by atoms with Crippen LogP contribution in [0.2, 0.25) is 0 Å². The van der Waals surface area contributed by atoms with Crippen LogP contribution in [-0.2, 0) is 22.6 Å². The highest BCUT2D eigenvalue weighted by atomic mass is 16.5. The fourth-order valence-electron chi connectivity index (χ4n) is 3.75. The van der Waals surface area contributed by atoms with Crippen LogP contribution in [0.1, 0.15) is 30.9 Å². The predicted molar refractivity (Wildman–Crippen MR) is 125 cm³/mol. The summed E-state index contributed by atoms with van der Waals surface area (Å²) in [6, 6.07) is 18.7. The molecule has 2 aromatic carbocycles. The molecule has 2 heterocycles. The van der Waals surface area contributed by atoms with Crippen LogP contribution in [0, 0.1) is 5.92 Å². The van der Waals surface area contributed by atoms with Crippen molar-refractivity contribution >= 4 is 17.5 Å². The fourth-order valence-corrected chi connectivity index (χ4v) is 3.75. The Morgan fingerprint density at radius 1 is 1.12 bits per heavy atom. The van der Waals surface area contributed by atoms with E-state index in [1.54, 1.807) is 12.3 Å². The van der Waals surface area contributed by atoms with Gasteiger partial charge in [0.25, 0.3) is 0 Å². The van der Waals surface area contributed by atoms with Gasteiger partial charge in [-0.1, -0.05) is 18.2 Å². The van der Waals surface area contributed by atoms with Crippen LogP contribution in [0.4, 0.5) is 5.69 Å². The van der Waals surface area contributed by atoms with E-state index in [9.17, 15) is 9.59 Å². The second-order valence-corrected chi connectivity index (χ2v) is 7.87. The van der Waals surface area contributed by atoms with Gasteiger partial charge in [-0.25, -0.2) is 4.98 Å². The maximum Gasteiger partial charge on any atom is 0.227 e. The van der Waals surface area contributed by atoms with Crippen molar-refractivity contribution in [3.05, 3.63) is 78.0 Å². The van der Waals surface area contributed by atoms with E-state index >= 15 is 0 Å². The molecule has 0 fully saturated rings. The summed E-state index contributed by atoms with van der Waals surface area (Å²) in [5, 5.41) is 5.84. The number of anilines is 1. The molecular formula is C26H27N3O4. The molecule has 4 rings (SSSR count). The van der Waals surface area contributed by atoms with Gasteiger partial charge in [0.1, 0.15) is 11.5 Å². The first-order chi connectivity index (χ1) is 16.1. The molecule has 2 amide bonds. The Morgan fingerprint density at radius 3 is 2.73 bits per heavy atom. The van der Waals surface area contributed by atoms with Crippen LogP contribution in [0.25, 0.3) is 0 Å². The molecule has 0 spiro atoms. The number of benzene rings is 2. The molecule has 3 aromatic rings. The number of aromatic nitrogens is 1.